The van der Waals surface area contributed by atoms with Crippen LogP contribution in [0.2, 0.25) is 0 Å². The zero-order valence-electron chi connectivity index (χ0n) is 14.7. The molecule has 3 rings (SSSR count). The van der Waals surface area contributed by atoms with Crippen LogP contribution in [0.4, 0.5) is 8.78 Å². The molecule has 2 nitrogen and oxygen atoms in total. The zero-order chi connectivity index (χ0) is 18.2. The van der Waals surface area contributed by atoms with Gasteiger partial charge in [0.25, 0.3) is 0 Å². The van der Waals surface area contributed by atoms with Crippen LogP contribution in [-0.2, 0) is 4.74 Å². The fourth-order valence-electron chi connectivity index (χ4n) is 3.95. The van der Waals surface area contributed by atoms with E-state index < -0.39 is 17.6 Å². The Balaban J connectivity index is 2.21. The number of hydrogen-bond acceptors (Lipinski definition) is 2. The lowest BCUT2D eigenvalue weighted by atomic mass is 9.75. The highest BCUT2D eigenvalue weighted by atomic mass is 19.1. The number of ether oxygens (including phenoxy) is 1. The number of hydrogen-bond donors (Lipinski definition) is 0. The van der Waals surface area contributed by atoms with Crippen molar-refractivity contribution in [3.05, 3.63) is 59.2 Å². The molecule has 25 heavy (non-hydrogen) atoms. The molecule has 1 unspecified atom stereocenters. The third-order valence-electron chi connectivity index (χ3n) is 5.32. The van der Waals surface area contributed by atoms with Crippen molar-refractivity contribution >= 4 is 5.97 Å². The largest absolute Gasteiger partial charge is 0.465 e. The van der Waals surface area contributed by atoms with E-state index >= 15 is 0 Å². The number of carbonyl (C=O) groups excluding carboxylic acids is 1. The first-order chi connectivity index (χ1) is 11.8. The molecule has 0 aliphatic heterocycles. The lowest BCUT2D eigenvalue weighted by Crippen LogP contribution is -2.17. The lowest BCUT2D eigenvalue weighted by molar-refractivity contribution is 0.0600. The minimum absolute atomic E-state index is 0.0350. The van der Waals surface area contributed by atoms with E-state index in [1.54, 1.807) is 18.2 Å². The van der Waals surface area contributed by atoms with Gasteiger partial charge in [-0.15, -0.1) is 0 Å². The van der Waals surface area contributed by atoms with Gasteiger partial charge in [-0.25, -0.2) is 13.6 Å². The number of benzene rings is 2. The molecule has 1 aliphatic rings. The quantitative estimate of drug-likeness (QED) is 0.666. The molecule has 0 amide bonds. The van der Waals surface area contributed by atoms with E-state index in [-0.39, 0.29) is 16.9 Å². The SMILES string of the molecule is COC(=O)c1ccc(-c2cc(F)ccc2F)c(C2CCCC2(C)C)c1. The Morgan fingerprint density at radius 3 is 2.52 bits per heavy atom. The number of halogens is 2. The summed E-state index contributed by atoms with van der Waals surface area (Å²) in [6.07, 6.45) is 3.10. The molecule has 2 aromatic carbocycles. The van der Waals surface area contributed by atoms with Crippen molar-refractivity contribution in [2.75, 3.05) is 7.11 Å². The molecule has 4 heteroatoms. The number of methoxy groups -OCH3 is 1. The van der Waals surface area contributed by atoms with Crippen LogP contribution in [0.5, 0.6) is 0 Å². The second-order valence-electron chi connectivity index (χ2n) is 7.35. The molecule has 0 heterocycles. The van der Waals surface area contributed by atoms with Crippen molar-refractivity contribution in [2.24, 2.45) is 5.41 Å². The predicted molar refractivity (Wildman–Crippen MR) is 93.5 cm³/mol. The Hall–Kier alpha value is -2.23. The van der Waals surface area contributed by atoms with Crippen LogP contribution in [0, 0.1) is 17.0 Å². The summed E-state index contributed by atoms with van der Waals surface area (Å²) in [4.78, 5) is 12.0. The number of rotatable bonds is 3. The number of esters is 1. The maximum absolute atomic E-state index is 14.4. The van der Waals surface area contributed by atoms with Crippen LogP contribution >= 0.6 is 0 Å². The Labute approximate surface area is 146 Å². The van der Waals surface area contributed by atoms with E-state index in [1.165, 1.54) is 13.2 Å². The van der Waals surface area contributed by atoms with Gasteiger partial charge < -0.3 is 4.74 Å². The maximum Gasteiger partial charge on any atom is 0.337 e. The average Bonchev–Trinajstić information content (AvgIpc) is 2.95. The molecule has 2 aromatic rings. The van der Waals surface area contributed by atoms with E-state index in [1.807, 2.05) is 0 Å². The molecule has 0 radical (unpaired) electrons. The second-order valence-corrected chi connectivity index (χ2v) is 7.35. The molecule has 1 aliphatic carbocycles. The van der Waals surface area contributed by atoms with Gasteiger partial charge in [-0.2, -0.15) is 0 Å². The fraction of sp³-hybridized carbons (Fsp3) is 0.381. The van der Waals surface area contributed by atoms with Crippen LogP contribution in [0.3, 0.4) is 0 Å². The molecule has 1 atom stereocenters. The Morgan fingerprint density at radius 1 is 1.12 bits per heavy atom. The van der Waals surface area contributed by atoms with Crippen LogP contribution in [-0.4, -0.2) is 13.1 Å². The van der Waals surface area contributed by atoms with E-state index in [4.69, 9.17) is 4.74 Å². The van der Waals surface area contributed by atoms with Crippen LogP contribution in [0.15, 0.2) is 36.4 Å². The van der Waals surface area contributed by atoms with Crippen molar-refractivity contribution in [1.29, 1.82) is 0 Å². The van der Waals surface area contributed by atoms with Crippen molar-refractivity contribution in [2.45, 2.75) is 39.0 Å². The summed E-state index contributed by atoms with van der Waals surface area (Å²) in [7, 11) is 1.33. The summed E-state index contributed by atoms with van der Waals surface area (Å²) in [6, 6.07) is 8.56. The van der Waals surface area contributed by atoms with Crippen LogP contribution < -0.4 is 0 Å². The van der Waals surface area contributed by atoms with Gasteiger partial charge in [0.15, 0.2) is 0 Å². The molecule has 0 spiro atoms. The molecular formula is C21H22F2O2. The monoisotopic (exact) mass is 344 g/mol. The minimum atomic E-state index is -0.481. The molecule has 0 saturated heterocycles. The highest BCUT2D eigenvalue weighted by Gasteiger charge is 2.37. The Kier molecular flexibility index (Phi) is 4.63. The first kappa shape index (κ1) is 17.6. The summed E-state index contributed by atoms with van der Waals surface area (Å²) in [5.41, 5.74) is 2.22. The molecule has 1 saturated carbocycles. The van der Waals surface area contributed by atoms with Gasteiger partial charge in [0.2, 0.25) is 0 Å². The summed E-state index contributed by atoms with van der Waals surface area (Å²) in [5, 5.41) is 0. The maximum atomic E-state index is 14.4. The van der Waals surface area contributed by atoms with Crippen LogP contribution in [0.25, 0.3) is 11.1 Å². The zero-order valence-corrected chi connectivity index (χ0v) is 14.7. The van der Waals surface area contributed by atoms with Gasteiger partial charge in [-0.3, -0.25) is 0 Å². The fourth-order valence-corrected chi connectivity index (χ4v) is 3.95. The van der Waals surface area contributed by atoms with Crippen LogP contribution in [0.1, 0.15) is 54.9 Å². The molecule has 0 bridgehead atoms. The normalized spacial score (nSPS) is 19.0. The van der Waals surface area contributed by atoms with Gasteiger partial charge in [-0.1, -0.05) is 26.3 Å². The highest BCUT2D eigenvalue weighted by molar-refractivity contribution is 5.90. The molecule has 0 N–H and O–H groups in total. The summed E-state index contributed by atoms with van der Waals surface area (Å²) in [6.45, 7) is 4.36. The van der Waals surface area contributed by atoms with E-state index in [0.29, 0.717) is 11.1 Å². The molecule has 1 fully saturated rings. The molecular weight excluding hydrogens is 322 g/mol. The van der Waals surface area contributed by atoms with E-state index in [0.717, 1.165) is 37.0 Å². The van der Waals surface area contributed by atoms with Gasteiger partial charge in [-0.05, 0) is 65.6 Å². The summed E-state index contributed by atoms with van der Waals surface area (Å²) < 4.78 is 32.9. The van der Waals surface area contributed by atoms with Gasteiger partial charge in [0, 0.05) is 5.56 Å². The minimum Gasteiger partial charge on any atom is -0.465 e. The van der Waals surface area contributed by atoms with Crippen molar-refractivity contribution in [3.63, 3.8) is 0 Å². The number of carbonyl (C=O) groups is 1. The molecule has 132 valence electrons. The van der Waals surface area contributed by atoms with Crippen molar-refractivity contribution < 1.29 is 18.3 Å². The third-order valence-corrected chi connectivity index (χ3v) is 5.32. The second kappa shape index (κ2) is 6.58. The topological polar surface area (TPSA) is 26.3 Å². The van der Waals surface area contributed by atoms with E-state index in [9.17, 15) is 13.6 Å². The molecule has 0 aromatic heterocycles. The van der Waals surface area contributed by atoms with E-state index in [2.05, 4.69) is 13.8 Å². The van der Waals surface area contributed by atoms with Crippen molar-refractivity contribution in [1.82, 2.24) is 0 Å². The lowest BCUT2D eigenvalue weighted by Gasteiger charge is -2.29. The smallest absolute Gasteiger partial charge is 0.337 e. The summed E-state index contributed by atoms with van der Waals surface area (Å²) >= 11 is 0. The standard InChI is InChI=1S/C21H22F2O2/c1-21(2)10-4-5-18(21)16-11-13(20(24)25-3)6-8-15(16)17-12-14(22)7-9-19(17)23/h6-9,11-12,18H,4-5,10H2,1-3H3. The van der Waals surface area contributed by atoms with Gasteiger partial charge in [0.1, 0.15) is 11.6 Å². The van der Waals surface area contributed by atoms with Gasteiger partial charge >= 0.3 is 5.97 Å². The third kappa shape index (κ3) is 3.30. The summed E-state index contributed by atoms with van der Waals surface area (Å²) in [5.74, 6) is -1.20. The Bertz CT molecular complexity index is 812. The van der Waals surface area contributed by atoms with Crippen molar-refractivity contribution in [3.8, 4) is 11.1 Å². The van der Waals surface area contributed by atoms with Gasteiger partial charge in [0.05, 0.1) is 12.7 Å². The highest BCUT2D eigenvalue weighted by Crippen LogP contribution is 2.51. The average molecular weight is 344 g/mol. The Morgan fingerprint density at radius 2 is 1.88 bits per heavy atom. The first-order valence-corrected chi connectivity index (χ1v) is 8.51. The first-order valence-electron chi connectivity index (χ1n) is 8.51. The predicted octanol–water partition coefficient (Wildman–Crippen LogP) is 5.71.